The number of hydrogen-bond donors (Lipinski definition) is 2. The fourth-order valence-corrected chi connectivity index (χ4v) is 2.51. The van der Waals surface area contributed by atoms with Gasteiger partial charge in [-0.3, -0.25) is 14.4 Å². The molecule has 2 N–H and O–H groups in total. The average molecular weight is 396 g/mol. The van der Waals surface area contributed by atoms with Crippen LogP contribution in [0.15, 0.2) is 48.5 Å². The molecule has 0 fully saturated rings. The van der Waals surface area contributed by atoms with Gasteiger partial charge in [-0.2, -0.15) is 0 Å². The predicted molar refractivity (Wildman–Crippen MR) is 109 cm³/mol. The summed E-state index contributed by atoms with van der Waals surface area (Å²) in [6.07, 6.45) is -1.08. The third-order valence-corrected chi connectivity index (χ3v) is 4.18. The molecule has 0 heterocycles. The molecule has 29 heavy (non-hydrogen) atoms. The van der Waals surface area contributed by atoms with Crippen molar-refractivity contribution in [3.8, 4) is 0 Å². The van der Waals surface area contributed by atoms with Crippen LogP contribution in [0.1, 0.15) is 47.1 Å². The van der Waals surface area contributed by atoms with Gasteiger partial charge in [0.05, 0.1) is 0 Å². The predicted octanol–water partition coefficient (Wildman–Crippen LogP) is 2.89. The fourth-order valence-electron chi connectivity index (χ4n) is 2.51. The monoisotopic (exact) mass is 396 g/mol. The molecule has 0 saturated carbocycles. The van der Waals surface area contributed by atoms with Crippen molar-refractivity contribution in [1.82, 2.24) is 5.32 Å². The lowest BCUT2D eigenvalue weighted by Crippen LogP contribution is -2.42. The van der Waals surface area contributed by atoms with Crippen molar-refractivity contribution in [3.05, 3.63) is 65.2 Å². The maximum atomic E-state index is 12.3. The topological polar surface area (TPSA) is 102 Å². The Morgan fingerprint density at radius 1 is 0.931 bits per heavy atom. The quantitative estimate of drug-likeness (QED) is 0.553. The number of hydrogen-bond acceptors (Lipinski definition) is 5. The third kappa shape index (κ3) is 6.27. The average Bonchev–Trinajstić information content (AvgIpc) is 2.67. The van der Waals surface area contributed by atoms with Crippen LogP contribution in [0.3, 0.4) is 0 Å². The largest absolute Gasteiger partial charge is 0.451 e. The van der Waals surface area contributed by atoms with Crippen molar-refractivity contribution >= 4 is 29.3 Å². The van der Waals surface area contributed by atoms with Crippen LogP contribution in [0.25, 0.3) is 0 Å². The van der Waals surface area contributed by atoms with Crippen molar-refractivity contribution < 1.29 is 23.9 Å². The van der Waals surface area contributed by atoms with Crippen molar-refractivity contribution in [1.29, 1.82) is 0 Å². The van der Waals surface area contributed by atoms with Gasteiger partial charge in [0.15, 0.2) is 11.9 Å². The molecule has 0 radical (unpaired) electrons. The lowest BCUT2D eigenvalue weighted by atomic mass is 10.1. The second-order valence-electron chi connectivity index (χ2n) is 6.77. The van der Waals surface area contributed by atoms with Gasteiger partial charge in [-0.05, 0) is 52.0 Å². The number of carbonyl (C=O) groups is 4. The van der Waals surface area contributed by atoms with Gasteiger partial charge in [0.1, 0.15) is 6.04 Å². The molecular weight excluding hydrogens is 372 g/mol. The zero-order valence-electron chi connectivity index (χ0n) is 16.8. The fraction of sp³-hybridized carbons (Fsp3) is 0.273. The Morgan fingerprint density at radius 2 is 1.59 bits per heavy atom. The standard InChI is InChI=1S/C22H24N2O5/c1-13-7-5-9-18(11-13)21(27)23-14(2)22(28)29-16(4)20(26)24-19-10-6-8-17(12-19)15(3)25/h5-12,14,16H,1-4H3,(H,23,27)(H,24,26)/t14-,16-/m0/s1. The molecule has 0 aromatic heterocycles. The Kier molecular flexibility index (Phi) is 7.25. The highest BCUT2D eigenvalue weighted by Crippen LogP contribution is 2.12. The van der Waals surface area contributed by atoms with E-state index in [1.54, 1.807) is 42.5 Å². The van der Waals surface area contributed by atoms with E-state index in [9.17, 15) is 19.2 Å². The molecule has 2 aromatic carbocycles. The van der Waals surface area contributed by atoms with E-state index in [2.05, 4.69) is 10.6 Å². The van der Waals surface area contributed by atoms with E-state index >= 15 is 0 Å². The van der Waals surface area contributed by atoms with Crippen LogP contribution < -0.4 is 10.6 Å². The molecule has 2 aromatic rings. The molecule has 7 nitrogen and oxygen atoms in total. The number of nitrogens with one attached hydrogen (secondary N) is 2. The summed E-state index contributed by atoms with van der Waals surface area (Å²) >= 11 is 0. The minimum Gasteiger partial charge on any atom is -0.451 e. The van der Waals surface area contributed by atoms with E-state index in [-0.39, 0.29) is 5.78 Å². The third-order valence-electron chi connectivity index (χ3n) is 4.18. The summed E-state index contributed by atoms with van der Waals surface area (Å²) in [5.74, 6) is -1.81. The van der Waals surface area contributed by atoms with Gasteiger partial charge in [0.25, 0.3) is 11.8 Å². The zero-order chi connectivity index (χ0) is 21.6. The summed E-state index contributed by atoms with van der Waals surface area (Å²) in [6, 6.07) is 12.5. The second-order valence-corrected chi connectivity index (χ2v) is 6.77. The number of ether oxygens (including phenoxy) is 1. The molecule has 0 unspecified atom stereocenters. The molecule has 0 aliphatic heterocycles. The summed E-state index contributed by atoms with van der Waals surface area (Å²) < 4.78 is 5.15. The van der Waals surface area contributed by atoms with E-state index in [4.69, 9.17) is 4.74 Å². The number of amides is 2. The Hall–Kier alpha value is -3.48. The highest BCUT2D eigenvalue weighted by Gasteiger charge is 2.23. The summed E-state index contributed by atoms with van der Waals surface area (Å²) in [6.45, 7) is 6.20. The minimum absolute atomic E-state index is 0.126. The SMILES string of the molecule is CC(=O)c1cccc(NC(=O)[C@H](C)OC(=O)[C@H](C)NC(=O)c2cccc(C)c2)c1. The van der Waals surface area contributed by atoms with Crippen LogP contribution in [0.4, 0.5) is 5.69 Å². The number of benzene rings is 2. The van der Waals surface area contributed by atoms with Gasteiger partial charge in [0, 0.05) is 16.8 Å². The maximum Gasteiger partial charge on any atom is 0.329 e. The second kappa shape index (κ2) is 9.64. The molecule has 2 atom stereocenters. The first-order valence-electron chi connectivity index (χ1n) is 9.17. The molecule has 152 valence electrons. The van der Waals surface area contributed by atoms with Crippen molar-refractivity contribution in [3.63, 3.8) is 0 Å². The van der Waals surface area contributed by atoms with E-state index in [0.29, 0.717) is 16.8 Å². The first-order valence-corrected chi connectivity index (χ1v) is 9.17. The first-order chi connectivity index (χ1) is 13.7. The summed E-state index contributed by atoms with van der Waals surface area (Å²) in [5.41, 5.74) is 2.24. The van der Waals surface area contributed by atoms with Crippen molar-refractivity contribution in [2.45, 2.75) is 39.8 Å². The number of Topliss-reactive ketones (excluding diaryl/α,β-unsaturated/α-hetero) is 1. The highest BCUT2D eigenvalue weighted by molar-refractivity contribution is 5.99. The normalized spacial score (nSPS) is 12.4. The van der Waals surface area contributed by atoms with Crippen LogP contribution in [0, 0.1) is 6.92 Å². The minimum atomic E-state index is -1.08. The Bertz CT molecular complexity index is 938. The Morgan fingerprint density at radius 3 is 2.24 bits per heavy atom. The smallest absolute Gasteiger partial charge is 0.329 e. The molecule has 0 bridgehead atoms. The number of carbonyl (C=O) groups excluding carboxylic acids is 4. The van der Waals surface area contributed by atoms with Gasteiger partial charge >= 0.3 is 5.97 Å². The van der Waals surface area contributed by atoms with Gasteiger partial charge in [-0.15, -0.1) is 0 Å². The molecule has 2 rings (SSSR count). The number of anilines is 1. The Balaban J connectivity index is 1.91. The maximum absolute atomic E-state index is 12.3. The van der Waals surface area contributed by atoms with E-state index in [1.165, 1.54) is 20.8 Å². The summed E-state index contributed by atoms with van der Waals surface area (Å²) in [5, 5.41) is 5.15. The van der Waals surface area contributed by atoms with Gasteiger partial charge in [-0.1, -0.05) is 29.8 Å². The molecule has 0 aliphatic rings. The number of esters is 1. The van der Waals surface area contributed by atoms with Gasteiger partial charge in [0.2, 0.25) is 0 Å². The van der Waals surface area contributed by atoms with Crippen molar-refractivity contribution in [2.75, 3.05) is 5.32 Å². The van der Waals surface area contributed by atoms with E-state index in [0.717, 1.165) is 5.56 Å². The van der Waals surface area contributed by atoms with Crippen LogP contribution in [-0.4, -0.2) is 35.7 Å². The Labute approximate surface area is 169 Å². The van der Waals surface area contributed by atoms with Crippen molar-refractivity contribution in [2.24, 2.45) is 0 Å². The van der Waals surface area contributed by atoms with E-state index < -0.39 is 29.9 Å². The molecule has 7 heteroatoms. The molecule has 0 spiro atoms. The van der Waals surface area contributed by atoms with Crippen LogP contribution >= 0.6 is 0 Å². The van der Waals surface area contributed by atoms with Gasteiger partial charge in [-0.25, -0.2) is 4.79 Å². The first kappa shape index (κ1) is 21.8. The molecule has 2 amide bonds. The summed E-state index contributed by atoms with van der Waals surface area (Å²) in [7, 11) is 0. The number of ketones is 1. The van der Waals surface area contributed by atoms with Crippen LogP contribution in [-0.2, 0) is 14.3 Å². The number of rotatable bonds is 7. The van der Waals surface area contributed by atoms with Crippen LogP contribution in [0.2, 0.25) is 0 Å². The summed E-state index contributed by atoms with van der Waals surface area (Å²) in [4.78, 5) is 48.2. The number of aryl methyl sites for hydroxylation is 1. The van der Waals surface area contributed by atoms with Gasteiger partial charge < -0.3 is 15.4 Å². The lowest BCUT2D eigenvalue weighted by Gasteiger charge is -2.18. The molecular formula is C22H24N2O5. The zero-order valence-corrected chi connectivity index (χ0v) is 16.8. The molecule has 0 aliphatic carbocycles. The highest BCUT2D eigenvalue weighted by atomic mass is 16.5. The van der Waals surface area contributed by atoms with Crippen LogP contribution in [0.5, 0.6) is 0 Å². The lowest BCUT2D eigenvalue weighted by molar-refractivity contribution is -0.154. The molecule has 0 saturated heterocycles. The van der Waals surface area contributed by atoms with E-state index in [1.807, 2.05) is 13.0 Å².